The molecule has 2 amide bonds. The molecule has 0 saturated heterocycles. The number of anilines is 2. The number of hydrogen-bond acceptors (Lipinski definition) is 4. The number of ether oxygens (including phenoxy) is 1. The van der Waals surface area contributed by atoms with E-state index in [1.54, 1.807) is 31.4 Å². The second kappa shape index (κ2) is 8.09. The van der Waals surface area contributed by atoms with Gasteiger partial charge in [-0.15, -0.1) is 11.3 Å². The fourth-order valence-electron chi connectivity index (χ4n) is 3.57. The lowest BCUT2D eigenvalue weighted by Gasteiger charge is -2.10. The second-order valence-electron chi connectivity index (χ2n) is 7.07. The van der Waals surface area contributed by atoms with Gasteiger partial charge in [0.1, 0.15) is 10.8 Å². The van der Waals surface area contributed by atoms with Crippen molar-refractivity contribution in [2.24, 2.45) is 0 Å². The van der Waals surface area contributed by atoms with Gasteiger partial charge in [0.05, 0.1) is 12.7 Å². The molecule has 29 heavy (non-hydrogen) atoms. The topological polar surface area (TPSA) is 67.4 Å². The smallest absolute Gasteiger partial charge is 0.258 e. The molecule has 4 rings (SSSR count). The standard InChI is InChI=1S/C23H22N2O3S/c1-14-5-3-6-16(13-14)24-22(27)20-18-7-4-8-19(18)29-23(20)25-21(26)15-9-11-17(28-2)12-10-15/h3,5-6,9-13H,4,7-8H2,1-2H3,(H,24,27)(H,25,26). The van der Waals surface area contributed by atoms with Gasteiger partial charge < -0.3 is 15.4 Å². The minimum absolute atomic E-state index is 0.181. The van der Waals surface area contributed by atoms with Gasteiger partial charge in [-0.25, -0.2) is 0 Å². The Hall–Kier alpha value is -3.12. The maximum Gasteiger partial charge on any atom is 0.258 e. The molecule has 0 fully saturated rings. The van der Waals surface area contributed by atoms with Crippen LogP contribution in [-0.2, 0) is 12.8 Å². The molecule has 0 atom stereocenters. The Balaban J connectivity index is 1.60. The van der Waals surface area contributed by atoms with E-state index in [4.69, 9.17) is 4.74 Å². The molecule has 0 saturated carbocycles. The number of nitrogens with one attached hydrogen (secondary N) is 2. The van der Waals surface area contributed by atoms with Crippen LogP contribution in [0.15, 0.2) is 48.5 Å². The summed E-state index contributed by atoms with van der Waals surface area (Å²) in [7, 11) is 1.58. The van der Waals surface area contributed by atoms with E-state index < -0.39 is 0 Å². The highest BCUT2D eigenvalue weighted by Crippen LogP contribution is 2.39. The van der Waals surface area contributed by atoms with Gasteiger partial charge in [-0.3, -0.25) is 9.59 Å². The average Bonchev–Trinajstić information content (AvgIpc) is 3.28. The molecule has 5 nitrogen and oxygen atoms in total. The van der Waals surface area contributed by atoms with Crippen LogP contribution in [0, 0.1) is 6.92 Å². The SMILES string of the molecule is COc1ccc(C(=O)Nc2sc3c(c2C(=O)Nc2cccc(C)c2)CCC3)cc1. The summed E-state index contributed by atoms with van der Waals surface area (Å²) in [5.74, 6) is 0.270. The molecular formula is C23H22N2O3S. The van der Waals surface area contributed by atoms with Crippen LogP contribution in [-0.4, -0.2) is 18.9 Å². The van der Waals surface area contributed by atoms with Gasteiger partial charge in [0.25, 0.3) is 11.8 Å². The van der Waals surface area contributed by atoms with Crippen molar-refractivity contribution < 1.29 is 14.3 Å². The van der Waals surface area contributed by atoms with E-state index >= 15 is 0 Å². The Morgan fingerprint density at radius 3 is 2.52 bits per heavy atom. The summed E-state index contributed by atoms with van der Waals surface area (Å²) in [4.78, 5) is 27.0. The highest BCUT2D eigenvalue weighted by molar-refractivity contribution is 7.17. The molecule has 0 unspecified atom stereocenters. The summed E-state index contributed by atoms with van der Waals surface area (Å²) in [5, 5.41) is 6.54. The molecule has 2 N–H and O–H groups in total. The van der Waals surface area contributed by atoms with E-state index in [0.717, 1.165) is 36.1 Å². The van der Waals surface area contributed by atoms with Gasteiger partial charge in [-0.05, 0) is 73.7 Å². The van der Waals surface area contributed by atoms with Crippen LogP contribution in [0.2, 0.25) is 0 Å². The molecule has 3 aromatic rings. The van der Waals surface area contributed by atoms with Gasteiger partial charge in [0, 0.05) is 16.1 Å². The van der Waals surface area contributed by atoms with E-state index in [2.05, 4.69) is 10.6 Å². The highest BCUT2D eigenvalue weighted by atomic mass is 32.1. The molecule has 0 spiro atoms. The van der Waals surface area contributed by atoms with Gasteiger partial charge in [-0.2, -0.15) is 0 Å². The summed E-state index contributed by atoms with van der Waals surface area (Å²) in [6.07, 6.45) is 2.85. The molecule has 2 aromatic carbocycles. The minimum atomic E-state index is -0.239. The zero-order chi connectivity index (χ0) is 20.4. The fourth-order valence-corrected chi connectivity index (χ4v) is 4.85. The molecule has 1 aliphatic rings. The zero-order valence-electron chi connectivity index (χ0n) is 16.4. The number of aryl methyl sites for hydroxylation is 2. The number of rotatable bonds is 5. The summed E-state index contributed by atoms with van der Waals surface area (Å²) in [6, 6.07) is 14.6. The number of methoxy groups -OCH3 is 1. The first kappa shape index (κ1) is 19.2. The Kier molecular flexibility index (Phi) is 5.36. The maximum atomic E-state index is 13.1. The molecule has 6 heteroatoms. The first-order valence-corrected chi connectivity index (χ1v) is 10.3. The summed E-state index contributed by atoms with van der Waals surface area (Å²) in [6.45, 7) is 1.98. The third-order valence-electron chi connectivity index (χ3n) is 5.00. The number of amides is 2. The predicted octanol–water partition coefficient (Wildman–Crippen LogP) is 5.06. The molecule has 0 bridgehead atoms. The normalized spacial score (nSPS) is 12.3. The van der Waals surface area contributed by atoms with Gasteiger partial charge in [0.2, 0.25) is 0 Å². The number of hydrogen-bond donors (Lipinski definition) is 2. The summed E-state index contributed by atoms with van der Waals surface area (Å²) < 4.78 is 5.14. The molecule has 1 aliphatic carbocycles. The quantitative estimate of drug-likeness (QED) is 0.622. The van der Waals surface area contributed by atoms with Crippen LogP contribution in [0.1, 0.15) is 43.1 Å². The van der Waals surface area contributed by atoms with Crippen LogP contribution < -0.4 is 15.4 Å². The molecule has 0 aliphatic heterocycles. The Labute approximate surface area is 173 Å². The van der Waals surface area contributed by atoms with E-state index in [1.807, 2.05) is 31.2 Å². The predicted molar refractivity (Wildman–Crippen MR) is 116 cm³/mol. The fraction of sp³-hybridized carbons (Fsp3) is 0.217. The van der Waals surface area contributed by atoms with Crippen molar-refractivity contribution in [3.63, 3.8) is 0 Å². The van der Waals surface area contributed by atoms with Crippen molar-refractivity contribution in [2.45, 2.75) is 26.2 Å². The van der Waals surface area contributed by atoms with E-state index in [9.17, 15) is 9.59 Å². The van der Waals surface area contributed by atoms with Crippen molar-refractivity contribution in [3.8, 4) is 5.75 Å². The number of benzene rings is 2. The highest BCUT2D eigenvalue weighted by Gasteiger charge is 2.27. The number of carbonyl (C=O) groups is 2. The minimum Gasteiger partial charge on any atom is -0.497 e. The van der Waals surface area contributed by atoms with Gasteiger partial charge in [-0.1, -0.05) is 12.1 Å². The lowest BCUT2D eigenvalue weighted by atomic mass is 10.1. The van der Waals surface area contributed by atoms with Crippen LogP contribution in [0.5, 0.6) is 5.75 Å². The third kappa shape index (κ3) is 4.03. The lowest BCUT2D eigenvalue weighted by Crippen LogP contribution is -2.18. The first-order valence-electron chi connectivity index (χ1n) is 9.53. The third-order valence-corrected chi connectivity index (χ3v) is 6.21. The van der Waals surface area contributed by atoms with Crippen molar-refractivity contribution in [1.29, 1.82) is 0 Å². The number of thiophene rings is 1. The van der Waals surface area contributed by atoms with E-state index in [1.165, 1.54) is 16.2 Å². The second-order valence-corrected chi connectivity index (χ2v) is 8.17. The molecule has 148 valence electrons. The first-order chi connectivity index (χ1) is 14.0. The maximum absolute atomic E-state index is 13.1. The van der Waals surface area contributed by atoms with Crippen molar-refractivity contribution in [2.75, 3.05) is 17.7 Å². The Morgan fingerprint density at radius 1 is 1.00 bits per heavy atom. The number of carbonyl (C=O) groups excluding carboxylic acids is 2. The molecule has 1 heterocycles. The Bertz CT molecular complexity index is 1070. The van der Waals surface area contributed by atoms with Crippen LogP contribution in [0.25, 0.3) is 0 Å². The van der Waals surface area contributed by atoms with E-state index in [-0.39, 0.29) is 11.8 Å². The van der Waals surface area contributed by atoms with Crippen molar-refractivity contribution >= 4 is 33.8 Å². The summed E-state index contributed by atoms with van der Waals surface area (Å²) >= 11 is 1.50. The molecule has 1 aromatic heterocycles. The number of fused-ring (bicyclic) bond motifs is 1. The summed E-state index contributed by atoms with van der Waals surface area (Å²) in [5.41, 5.74) is 3.99. The van der Waals surface area contributed by atoms with Crippen molar-refractivity contribution in [3.05, 3.63) is 75.7 Å². The lowest BCUT2D eigenvalue weighted by molar-refractivity contribution is 0.102. The van der Waals surface area contributed by atoms with Crippen molar-refractivity contribution in [1.82, 2.24) is 0 Å². The van der Waals surface area contributed by atoms with E-state index in [0.29, 0.717) is 21.9 Å². The van der Waals surface area contributed by atoms with Crippen LogP contribution in [0.4, 0.5) is 10.7 Å². The monoisotopic (exact) mass is 406 g/mol. The van der Waals surface area contributed by atoms with Gasteiger partial charge in [0.15, 0.2) is 0 Å². The molecule has 0 radical (unpaired) electrons. The van der Waals surface area contributed by atoms with Crippen LogP contribution in [0.3, 0.4) is 0 Å². The average molecular weight is 407 g/mol. The van der Waals surface area contributed by atoms with Crippen LogP contribution >= 0.6 is 11.3 Å². The molecular weight excluding hydrogens is 384 g/mol. The zero-order valence-corrected chi connectivity index (χ0v) is 17.2. The van der Waals surface area contributed by atoms with Gasteiger partial charge >= 0.3 is 0 Å². The largest absolute Gasteiger partial charge is 0.497 e. The Morgan fingerprint density at radius 2 is 1.79 bits per heavy atom.